The van der Waals surface area contributed by atoms with Gasteiger partial charge < -0.3 is 15.5 Å². The molecule has 0 radical (unpaired) electrons. The maximum absolute atomic E-state index is 12.8. The third-order valence-corrected chi connectivity index (χ3v) is 8.02. The number of likely N-dealkylation sites (tertiary alicyclic amines) is 1. The van der Waals surface area contributed by atoms with E-state index < -0.39 is 0 Å². The zero-order chi connectivity index (χ0) is 21.4. The quantitative estimate of drug-likeness (QED) is 0.575. The fourth-order valence-corrected chi connectivity index (χ4v) is 5.91. The van der Waals surface area contributed by atoms with E-state index in [0.29, 0.717) is 28.0 Å². The highest BCUT2D eigenvalue weighted by Crippen LogP contribution is 2.36. The fraction of sp³-hybridized carbons (Fsp3) is 0.318. The molecule has 0 aliphatic carbocycles. The molecule has 0 unspecified atom stereocenters. The molecule has 2 aliphatic heterocycles. The lowest BCUT2D eigenvalue weighted by atomic mass is 10.0. The summed E-state index contributed by atoms with van der Waals surface area (Å²) in [6.07, 6.45) is 3.75. The zero-order valence-corrected chi connectivity index (χ0v) is 19.0. The van der Waals surface area contributed by atoms with Crippen LogP contribution in [0.3, 0.4) is 0 Å². The van der Waals surface area contributed by atoms with Gasteiger partial charge in [0.1, 0.15) is 0 Å². The number of thiazole rings is 1. The zero-order valence-electron chi connectivity index (χ0n) is 16.6. The second kappa shape index (κ2) is 8.70. The van der Waals surface area contributed by atoms with Gasteiger partial charge in [0.05, 0.1) is 25.8 Å². The molecule has 160 valence electrons. The van der Waals surface area contributed by atoms with Crippen molar-refractivity contribution >= 4 is 51.1 Å². The molecule has 5 rings (SSSR count). The van der Waals surface area contributed by atoms with E-state index in [1.54, 1.807) is 23.5 Å². The molecule has 0 saturated carbocycles. The molecule has 2 aromatic heterocycles. The molecule has 9 heteroatoms. The monoisotopic (exact) mass is 472 g/mol. The smallest absolute Gasteiger partial charge is 0.264 e. The van der Waals surface area contributed by atoms with Gasteiger partial charge in [0.2, 0.25) is 5.91 Å². The second-order valence-corrected chi connectivity index (χ2v) is 10.4. The number of nitrogens with zero attached hydrogens (tertiary/aromatic N) is 2. The number of amides is 2. The summed E-state index contributed by atoms with van der Waals surface area (Å²) in [4.78, 5) is 33.2. The molecule has 2 aliphatic rings. The molecule has 0 bridgehead atoms. The van der Waals surface area contributed by atoms with Crippen LogP contribution in [0.25, 0.3) is 10.4 Å². The lowest BCUT2D eigenvalue weighted by Gasteiger charge is -2.37. The van der Waals surface area contributed by atoms with Gasteiger partial charge in [-0.25, -0.2) is 4.98 Å². The van der Waals surface area contributed by atoms with Gasteiger partial charge in [-0.1, -0.05) is 23.7 Å². The normalized spacial score (nSPS) is 18.7. The molecule has 2 fully saturated rings. The van der Waals surface area contributed by atoms with Gasteiger partial charge in [0.15, 0.2) is 0 Å². The predicted octanol–water partition coefficient (Wildman–Crippen LogP) is 4.46. The molecular formula is C22H21ClN4O2S2. The minimum Gasteiger partial charge on any atom is -0.336 e. The number of hydrogen-bond donors (Lipinski definition) is 2. The van der Waals surface area contributed by atoms with Gasteiger partial charge in [-0.2, -0.15) is 0 Å². The van der Waals surface area contributed by atoms with Crippen LogP contribution in [0.5, 0.6) is 0 Å². The van der Waals surface area contributed by atoms with Gasteiger partial charge in [-0.05, 0) is 49.2 Å². The van der Waals surface area contributed by atoms with Crippen LogP contribution in [-0.2, 0) is 4.79 Å². The van der Waals surface area contributed by atoms with E-state index in [4.69, 9.17) is 11.6 Å². The standard InChI is InChI=1S/C22H21ClN4O2S2/c23-15-4-1-3-13(9-15)18-10-25-21(31-18)14-11-27(12-14)22(29)17-6-7-19(30-17)26-20(28)16-5-2-8-24-16/h1,3-4,6-7,9-10,14,16,24H,2,5,8,11-12H2,(H,26,28)/t16-/m0/s1. The lowest BCUT2D eigenvalue weighted by molar-refractivity contribution is -0.117. The summed E-state index contributed by atoms with van der Waals surface area (Å²) in [7, 11) is 0. The largest absolute Gasteiger partial charge is 0.336 e. The molecule has 31 heavy (non-hydrogen) atoms. The highest BCUT2D eigenvalue weighted by molar-refractivity contribution is 7.18. The van der Waals surface area contributed by atoms with Gasteiger partial charge in [0, 0.05) is 30.2 Å². The summed E-state index contributed by atoms with van der Waals surface area (Å²) in [6.45, 7) is 2.20. The topological polar surface area (TPSA) is 74.3 Å². The van der Waals surface area contributed by atoms with Crippen molar-refractivity contribution in [1.29, 1.82) is 0 Å². The number of benzene rings is 1. The minimum atomic E-state index is -0.132. The van der Waals surface area contributed by atoms with Crippen molar-refractivity contribution in [2.24, 2.45) is 0 Å². The number of carbonyl (C=O) groups excluding carboxylic acids is 2. The Kier molecular flexibility index (Phi) is 5.79. The molecule has 1 atom stereocenters. The molecule has 4 heterocycles. The van der Waals surface area contributed by atoms with E-state index in [-0.39, 0.29) is 23.8 Å². The van der Waals surface area contributed by atoms with Crippen molar-refractivity contribution in [3.63, 3.8) is 0 Å². The first kappa shape index (κ1) is 20.6. The number of anilines is 1. The Balaban J connectivity index is 1.17. The number of halogens is 1. The van der Waals surface area contributed by atoms with Crippen molar-refractivity contribution in [3.05, 3.63) is 57.5 Å². The number of thiophene rings is 1. The van der Waals surface area contributed by atoms with Gasteiger partial charge in [-0.15, -0.1) is 22.7 Å². The summed E-state index contributed by atoms with van der Waals surface area (Å²) in [5, 5.41) is 8.57. The van der Waals surface area contributed by atoms with Crippen LogP contribution >= 0.6 is 34.3 Å². The Hall–Kier alpha value is -2.26. The molecule has 0 spiro atoms. The van der Waals surface area contributed by atoms with Crippen molar-refractivity contribution in [2.75, 3.05) is 25.0 Å². The molecule has 2 amide bonds. The number of carbonyl (C=O) groups is 2. The van der Waals surface area contributed by atoms with Crippen molar-refractivity contribution in [3.8, 4) is 10.4 Å². The third-order valence-electron chi connectivity index (χ3n) is 5.59. The SMILES string of the molecule is O=C(Nc1ccc(C(=O)N2CC(c3ncc(-c4cccc(Cl)c4)s3)C2)s1)[C@@H]1CCCN1. The van der Waals surface area contributed by atoms with E-state index >= 15 is 0 Å². The number of rotatable bonds is 5. The van der Waals surface area contributed by atoms with Crippen LogP contribution < -0.4 is 10.6 Å². The number of nitrogens with one attached hydrogen (secondary N) is 2. The van der Waals surface area contributed by atoms with E-state index in [0.717, 1.165) is 34.8 Å². The van der Waals surface area contributed by atoms with E-state index in [1.807, 2.05) is 35.4 Å². The Morgan fingerprint density at radius 3 is 2.84 bits per heavy atom. The van der Waals surface area contributed by atoms with Crippen LogP contribution in [0, 0.1) is 0 Å². The van der Waals surface area contributed by atoms with Crippen LogP contribution in [0.1, 0.15) is 33.4 Å². The average molecular weight is 473 g/mol. The van der Waals surface area contributed by atoms with Crippen molar-refractivity contribution in [2.45, 2.75) is 24.8 Å². The Labute approximate surface area is 193 Å². The first-order valence-corrected chi connectivity index (χ1v) is 12.2. The highest BCUT2D eigenvalue weighted by Gasteiger charge is 2.35. The first-order valence-electron chi connectivity index (χ1n) is 10.2. The summed E-state index contributed by atoms with van der Waals surface area (Å²) in [5.74, 6) is 0.239. The minimum absolute atomic E-state index is 0.00682. The molecule has 6 nitrogen and oxygen atoms in total. The highest BCUT2D eigenvalue weighted by atomic mass is 35.5. The summed E-state index contributed by atoms with van der Waals surface area (Å²) >= 11 is 9.07. The summed E-state index contributed by atoms with van der Waals surface area (Å²) in [5.41, 5.74) is 1.06. The van der Waals surface area contributed by atoms with Gasteiger partial charge >= 0.3 is 0 Å². The molecule has 2 saturated heterocycles. The van der Waals surface area contributed by atoms with E-state index in [1.165, 1.54) is 11.3 Å². The average Bonchev–Trinajstić information content (AvgIpc) is 3.48. The molecule has 1 aromatic carbocycles. The van der Waals surface area contributed by atoms with Crippen LogP contribution in [-0.4, -0.2) is 47.4 Å². The first-order chi connectivity index (χ1) is 15.1. The number of hydrogen-bond acceptors (Lipinski definition) is 6. The predicted molar refractivity (Wildman–Crippen MR) is 125 cm³/mol. The lowest BCUT2D eigenvalue weighted by Crippen LogP contribution is -2.48. The summed E-state index contributed by atoms with van der Waals surface area (Å²) < 4.78 is 0. The van der Waals surface area contributed by atoms with Crippen LogP contribution in [0.4, 0.5) is 5.00 Å². The van der Waals surface area contributed by atoms with Crippen molar-refractivity contribution in [1.82, 2.24) is 15.2 Å². The Bertz CT molecular complexity index is 1120. The van der Waals surface area contributed by atoms with E-state index in [9.17, 15) is 9.59 Å². The van der Waals surface area contributed by atoms with Gasteiger partial charge in [0.25, 0.3) is 5.91 Å². The van der Waals surface area contributed by atoms with Crippen LogP contribution in [0.2, 0.25) is 5.02 Å². The van der Waals surface area contributed by atoms with Gasteiger partial charge in [-0.3, -0.25) is 9.59 Å². The maximum Gasteiger partial charge on any atom is 0.264 e. The number of aromatic nitrogens is 1. The molecule has 2 N–H and O–H groups in total. The Morgan fingerprint density at radius 2 is 2.06 bits per heavy atom. The van der Waals surface area contributed by atoms with E-state index in [2.05, 4.69) is 15.6 Å². The second-order valence-electron chi connectivity index (χ2n) is 7.78. The molecular weight excluding hydrogens is 452 g/mol. The third kappa shape index (κ3) is 4.39. The summed E-state index contributed by atoms with van der Waals surface area (Å²) in [6, 6.07) is 11.2. The van der Waals surface area contributed by atoms with Crippen LogP contribution in [0.15, 0.2) is 42.6 Å². The fourth-order valence-electron chi connectivity index (χ4n) is 3.84. The Morgan fingerprint density at radius 1 is 1.19 bits per heavy atom. The maximum atomic E-state index is 12.8. The van der Waals surface area contributed by atoms with Crippen molar-refractivity contribution < 1.29 is 9.59 Å². The molecule has 3 aromatic rings.